The number of hydrogen-bond acceptors (Lipinski definition) is 10. The second kappa shape index (κ2) is 19.7. The van der Waals surface area contributed by atoms with Crippen LogP contribution in [0.1, 0.15) is 59.8 Å². The number of allylic oxidation sites excluding steroid dienone is 1. The number of methoxy groups -OCH3 is 1. The molecule has 5 aromatic rings. The molecular formula is C51H46Cl2N4O9S. The molecule has 8 rings (SSSR count). The number of sulfonamides is 1. The molecule has 0 saturated heterocycles. The number of nitrogens with zero attached hydrogens (tertiary/aromatic N) is 2. The lowest BCUT2D eigenvalue weighted by Crippen LogP contribution is -2.56. The van der Waals surface area contributed by atoms with E-state index >= 15 is 0 Å². The minimum atomic E-state index is -4.36. The fourth-order valence-corrected chi connectivity index (χ4v) is 10.2. The number of nitrogens with one attached hydrogen (secondary N) is 2. The molecule has 13 nitrogen and oxygen atoms in total. The van der Waals surface area contributed by atoms with E-state index in [-0.39, 0.29) is 43.2 Å². The summed E-state index contributed by atoms with van der Waals surface area (Å²) in [7, 11) is -3.14. The standard InChI is InChI=1S/C51H46Cl2N4O9S/c1-31(58)56-51(2)20-18-41(19-21-51)67(61,62)57-28-39-26-47-46(65-30-48(66-47)37-13-15-40(16-14-37)64-29-34-8-17-42(52)43(53)22-34)25-38(39)24-45(57)49(59)55-44(50(60)63-3)23-32-4-9-35(10-5-32)36-11-6-33(27-54)7-12-36/h4-20,22,25-26,44-45,48H,21,23-24,28-30H2,1-3H3,(H,55,59)(H,56,58)/t44-,45?,48+,51?/m0/s1. The first-order valence-corrected chi connectivity index (χ1v) is 23.6. The smallest absolute Gasteiger partial charge is 0.328 e. The number of nitriles is 1. The van der Waals surface area contributed by atoms with Gasteiger partial charge in [-0.15, -0.1) is 0 Å². The van der Waals surface area contributed by atoms with Crippen LogP contribution in [0.5, 0.6) is 17.2 Å². The van der Waals surface area contributed by atoms with Crippen molar-refractivity contribution in [1.82, 2.24) is 14.9 Å². The van der Waals surface area contributed by atoms with Gasteiger partial charge in [0.05, 0.1) is 39.2 Å². The van der Waals surface area contributed by atoms with Crippen molar-refractivity contribution in [2.24, 2.45) is 0 Å². The Balaban J connectivity index is 1.03. The number of halogens is 2. The van der Waals surface area contributed by atoms with E-state index in [9.17, 15) is 28.1 Å². The molecule has 0 saturated carbocycles. The molecule has 2 aliphatic heterocycles. The highest BCUT2D eigenvalue weighted by Gasteiger charge is 2.43. The van der Waals surface area contributed by atoms with Crippen LogP contribution in [-0.4, -0.2) is 61.8 Å². The fourth-order valence-electron chi connectivity index (χ4n) is 8.29. The SMILES string of the molecule is COC(=O)[C@H](Cc1ccc(-c2ccc(C#N)cc2)cc1)NC(=O)C1Cc2cc3c(cc2CN1S(=O)(=O)C1=CCC(C)(NC(C)=O)C=C1)O[C@@H](c1ccc(OCc2ccc(Cl)c(Cl)c2)cc1)CO3. The number of amides is 2. The highest BCUT2D eigenvalue weighted by atomic mass is 35.5. The van der Waals surface area contributed by atoms with Crippen molar-refractivity contribution in [3.63, 3.8) is 0 Å². The number of ether oxygens (including phenoxy) is 4. The molecule has 0 radical (unpaired) electrons. The Morgan fingerprint density at radius 1 is 0.910 bits per heavy atom. The summed E-state index contributed by atoms with van der Waals surface area (Å²) >= 11 is 12.2. The second-order valence-electron chi connectivity index (χ2n) is 16.8. The van der Waals surface area contributed by atoms with Gasteiger partial charge in [0.1, 0.15) is 31.0 Å². The van der Waals surface area contributed by atoms with E-state index in [0.29, 0.717) is 50.6 Å². The lowest BCUT2D eigenvalue weighted by molar-refractivity contribution is -0.145. The van der Waals surface area contributed by atoms with Crippen molar-refractivity contribution in [2.75, 3.05) is 13.7 Å². The molecule has 16 heteroatoms. The minimum Gasteiger partial charge on any atom is -0.489 e. The molecule has 2 unspecified atom stereocenters. The van der Waals surface area contributed by atoms with Gasteiger partial charge < -0.3 is 29.6 Å². The maximum Gasteiger partial charge on any atom is 0.328 e. The van der Waals surface area contributed by atoms with Gasteiger partial charge in [0.25, 0.3) is 0 Å². The molecule has 2 N–H and O–H groups in total. The van der Waals surface area contributed by atoms with Gasteiger partial charge in [0, 0.05) is 19.9 Å². The first-order valence-electron chi connectivity index (χ1n) is 21.4. The van der Waals surface area contributed by atoms with Crippen LogP contribution >= 0.6 is 23.2 Å². The maximum absolute atomic E-state index is 14.7. The molecule has 2 amide bonds. The molecule has 0 fully saturated rings. The lowest BCUT2D eigenvalue weighted by atomic mass is 9.93. The highest BCUT2D eigenvalue weighted by molar-refractivity contribution is 7.93. The number of benzene rings is 5. The Labute approximate surface area is 398 Å². The summed E-state index contributed by atoms with van der Waals surface area (Å²) in [6, 6.07) is 30.5. The van der Waals surface area contributed by atoms with Crippen LogP contribution in [0.3, 0.4) is 0 Å². The molecule has 0 spiro atoms. The molecule has 2 heterocycles. The second-order valence-corrected chi connectivity index (χ2v) is 19.5. The van der Waals surface area contributed by atoms with E-state index in [0.717, 1.165) is 32.1 Å². The van der Waals surface area contributed by atoms with Crippen molar-refractivity contribution in [3.05, 3.63) is 170 Å². The zero-order valence-electron chi connectivity index (χ0n) is 36.8. The summed E-state index contributed by atoms with van der Waals surface area (Å²) in [6.45, 7) is 3.45. The quantitative estimate of drug-likeness (QED) is 0.109. The predicted octanol–water partition coefficient (Wildman–Crippen LogP) is 8.32. The topological polar surface area (TPSA) is 173 Å². The zero-order chi connectivity index (χ0) is 47.5. The van der Waals surface area contributed by atoms with E-state index in [2.05, 4.69) is 16.7 Å². The Morgan fingerprint density at radius 2 is 1.60 bits per heavy atom. The van der Waals surface area contributed by atoms with Crippen molar-refractivity contribution in [3.8, 4) is 34.4 Å². The molecule has 1 aliphatic carbocycles. The highest BCUT2D eigenvalue weighted by Crippen LogP contribution is 2.42. The van der Waals surface area contributed by atoms with Crippen LogP contribution in [0, 0.1) is 11.3 Å². The zero-order valence-corrected chi connectivity index (χ0v) is 39.1. The van der Waals surface area contributed by atoms with Gasteiger partial charge in [0.15, 0.2) is 17.6 Å². The van der Waals surface area contributed by atoms with Crippen molar-refractivity contribution >= 4 is 51.0 Å². The Hall–Kier alpha value is -6.63. The third-order valence-corrected chi connectivity index (χ3v) is 14.5. The Morgan fingerprint density at radius 3 is 2.24 bits per heavy atom. The average molecular weight is 962 g/mol. The average Bonchev–Trinajstić information content (AvgIpc) is 3.32. The van der Waals surface area contributed by atoms with Gasteiger partial charge in [-0.3, -0.25) is 9.59 Å². The number of rotatable bonds is 13. The third kappa shape index (κ3) is 10.7. The van der Waals surface area contributed by atoms with Crippen LogP contribution in [0.25, 0.3) is 11.1 Å². The van der Waals surface area contributed by atoms with Crippen LogP contribution in [-0.2, 0) is 55.1 Å². The largest absolute Gasteiger partial charge is 0.489 e. The summed E-state index contributed by atoms with van der Waals surface area (Å²) in [6.07, 6.45) is 4.32. The van der Waals surface area contributed by atoms with Gasteiger partial charge >= 0.3 is 5.97 Å². The van der Waals surface area contributed by atoms with Crippen LogP contribution in [0.15, 0.2) is 126 Å². The normalized spacial score (nSPS) is 19.2. The van der Waals surface area contributed by atoms with Crippen LogP contribution in [0.4, 0.5) is 0 Å². The molecular weight excluding hydrogens is 916 g/mol. The van der Waals surface area contributed by atoms with Crippen molar-refractivity contribution in [2.45, 2.75) is 70.0 Å². The summed E-state index contributed by atoms with van der Waals surface area (Å²) in [5, 5.41) is 15.7. The van der Waals surface area contributed by atoms with Crippen molar-refractivity contribution in [1.29, 1.82) is 5.26 Å². The lowest BCUT2D eigenvalue weighted by Gasteiger charge is -2.37. The fraction of sp³-hybridized carbons (Fsp3) is 0.255. The van der Waals surface area contributed by atoms with Gasteiger partial charge in [-0.1, -0.05) is 90.0 Å². The molecule has 0 bridgehead atoms. The summed E-state index contributed by atoms with van der Waals surface area (Å²) in [5.74, 6) is -0.172. The molecule has 3 aliphatic rings. The van der Waals surface area contributed by atoms with Crippen LogP contribution < -0.4 is 24.8 Å². The number of esters is 1. The summed E-state index contributed by atoms with van der Waals surface area (Å²) in [5.41, 5.74) is 5.22. The first-order chi connectivity index (χ1) is 32.1. The van der Waals surface area contributed by atoms with E-state index in [1.807, 2.05) is 66.7 Å². The van der Waals surface area contributed by atoms with E-state index in [1.54, 1.807) is 49.4 Å². The van der Waals surface area contributed by atoms with E-state index < -0.39 is 45.6 Å². The number of carbonyl (C=O) groups excluding carboxylic acids is 3. The predicted molar refractivity (Wildman–Crippen MR) is 253 cm³/mol. The third-order valence-electron chi connectivity index (χ3n) is 11.9. The molecule has 4 atom stereocenters. The minimum absolute atomic E-state index is 0.0366. The van der Waals surface area contributed by atoms with E-state index in [1.165, 1.54) is 26.2 Å². The molecule has 0 aromatic heterocycles. The summed E-state index contributed by atoms with van der Waals surface area (Å²) < 4.78 is 54.4. The first kappa shape index (κ1) is 46.9. The Bertz CT molecular complexity index is 2940. The molecule has 67 heavy (non-hydrogen) atoms. The van der Waals surface area contributed by atoms with Crippen molar-refractivity contribution < 1.29 is 41.7 Å². The number of hydrogen-bond donors (Lipinski definition) is 2. The van der Waals surface area contributed by atoms with Gasteiger partial charge in [-0.25, -0.2) is 13.2 Å². The van der Waals surface area contributed by atoms with Gasteiger partial charge in [-0.05, 0) is 113 Å². The number of carbonyl (C=O) groups is 3. The maximum atomic E-state index is 14.7. The monoisotopic (exact) mass is 960 g/mol. The van der Waals surface area contributed by atoms with Crippen LogP contribution in [0.2, 0.25) is 10.0 Å². The molecule has 344 valence electrons. The van der Waals surface area contributed by atoms with E-state index in [4.69, 9.17) is 42.1 Å². The number of fused-ring (bicyclic) bond motifs is 2. The van der Waals surface area contributed by atoms with Gasteiger partial charge in [-0.2, -0.15) is 9.57 Å². The van der Waals surface area contributed by atoms with Gasteiger partial charge in [0.2, 0.25) is 21.8 Å². The summed E-state index contributed by atoms with van der Waals surface area (Å²) in [4.78, 5) is 39.7. The molecule has 5 aromatic carbocycles. The Kier molecular flexibility index (Phi) is 13.8.